The van der Waals surface area contributed by atoms with E-state index in [1.807, 2.05) is 42.5 Å². The van der Waals surface area contributed by atoms with Crippen LogP contribution in [0.5, 0.6) is 5.75 Å². The fourth-order valence-electron chi connectivity index (χ4n) is 3.98. The van der Waals surface area contributed by atoms with Gasteiger partial charge in [-0.15, -0.1) is 0 Å². The topological polar surface area (TPSA) is 17.4 Å². The molecule has 30 heavy (non-hydrogen) atoms. The molecule has 0 saturated carbocycles. The molecular weight excluding hydrogens is 399 g/mol. The number of ether oxygens (including phenoxy) is 1. The van der Waals surface area contributed by atoms with Gasteiger partial charge in [-0.05, 0) is 61.1 Å². The highest BCUT2D eigenvalue weighted by Crippen LogP contribution is 2.37. The summed E-state index contributed by atoms with van der Waals surface area (Å²) in [5.74, 6) is 0.640. The fourth-order valence-corrected chi connectivity index (χ4v) is 4.15. The van der Waals surface area contributed by atoms with Gasteiger partial charge in [0.25, 0.3) is 0 Å². The van der Waals surface area contributed by atoms with Gasteiger partial charge in [0.1, 0.15) is 18.2 Å². The third-order valence-corrected chi connectivity index (χ3v) is 5.86. The van der Waals surface area contributed by atoms with E-state index in [4.69, 9.17) is 16.3 Å². The number of hydrogen-bond acceptors (Lipinski definition) is 2. The van der Waals surface area contributed by atoms with Crippen LogP contribution in [0.2, 0.25) is 5.02 Å². The minimum absolute atomic E-state index is 0.225. The molecule has 0 aliphatic rings. The summed E-state index contributed by atoms with van der Waals surface area (Å²) in [7, 11) is 0. The number of halogens is 2. The van der Waals surface area contributed by atoms with E-state index in [1.165, 1.54) is 12.1 Å². The van der Waals surface area contributed by atoms with Crippen LogP contribution in [0, 0.1) is 5.82 Å². The van der Waals surface area contributed by atoms with Crippen LogP contribution < -0.4 is 4.74 Å². The molecule has 0 radical (unpaired) electrons. The van der Waals surface area contributed by atoms with Crippen LogP contribution in [-0.2, 0) is 6.54 Å². The molecule has 4 aromatic rings. The van der Waals surface area contributed by atoms with Gasteiger partial charge in [-0.25, -0.2) is 4.39 Å². The van der Waals surface area contributed by atoms with Crippen LogP contribution in [0.3, 0.4) is 0 Å². The highest BCUT2D eigenvalue weighted by atomic mass is 35.5. The number of likely N-dealkylation sites (N-methyl/N-ethyl adjacent to an activating group) is 1. The molecule has 0 aliphatic heterocycles. The summed E-state index contributed by atoms with van der Waals surface area (Å²) >= 11 is 6.34. The lowest BCUT2D eigenvalue weighted by atomic mass is 10.1. The second kappa shape index (κ2) is 9.07. The average Bonchev–Trinajstić information content (AvgIpc) is 3.06. The van der Waals surface area contributed by atoms with Gasteiger partial charge in [-0.1, -0.05) is 43.6 Å². The zero-order chi connectivity index (χ0) is 21.1. The molecule has 1 heterocycles. The summed E-state index contributed by atoms with van der Waals surface area (Å²) in [6.07, 6.45) is 0. The van der Waals surface area contributed by atoms with Gasteiger partial charge in [0.2, 0.25) is 0 Å². The summed E-state index contributed by atoms with van der Waals surface area (Å²) < 4.78 is 21.8. The molecule has 0 amide bonds. The largest absolute Gasteiger partial charge is 0.492 e. The smallest absolute Gasteiger partial charge is 0.129 e. The van der Waals surface area contributed by atoms with E-state index in [2.05, 4.69) is 29.4 Å². The number of benzene rings is 3. The first kappa shape index (κ1) is 20.7. The molecule has 0 fully saturated rings. The molecule has 3 aromatic carbocycles. The molecule has 0 spiro atoms. The zero-order valence-corrected chi connectivity index (χ0v) is 18.1. The minimum Gasteiger partial charge on any atom is -0.492 e. The SMILES string of the molecule is CCN(CC)CCOc1cccc2c1c1cc(Cl)ccc1n2Cc1ccc(F)cc1. The molecule has 0 aliphatic carbocycles. The van der Waals surface area contributed by atoms with Crippen LogP contribution in [0.4, 0.5) is 4.39 Å². The van der Waals surface area contributed by atoms with Crippen LogP contribution in [0.25, 0.3) is 21.8 Å². The lowest BCUT2D eigenvalue weighted by molar-refractivity contribution is 0.224. The second-order valence-electron chi connectivity index (χ2n) is 7.40. The lowest BCUT2D eigenvalue weighted by Crippen LogP contribution is -2.27. The maximum Gasteiger partial charge on any atom is 0.129 e. The highest BCUT2D eigenvalue weighted by Gasteiger charge is 2.16. The third-order valence-electron chi connectivity index (χ3n) is 5.63. The van der Waals surface area contributed by atoms with Crippen molar-refractivity contribution in [3.63, 3.8) is 0 Å². The Hall–Kier alpha value is -2.56. The van der Waals surface area contributed by atoms with Crippen molar-refractivity contribution in [3.8, 4) is 5.75 Å². The Kier molecular flexibility index (Phi) is 6.26. The van der Waals surface area contributed by atoms with Crippen LogP contribution in [0.1, 0.15) is 19.4 Å². The summed E-state index contributed by atoms with van der Waals surface area (Å²) in [6, 6.07) is 18.8. The molecule has 0 N–H and O–H groups in total. The van der Waals surface area contributed by atoms with E-state index in [1.54, 1.807) is 0 Å². The Labute approximate surface area is 181 Å². The molecular formula is C25H26ClFN2O. The van der Waals surface area contributed by atoms with Gasteiger partial charge < -0.3 is 14.2 Å². The summed E-state index contributed by atoms with van der Waals surface area (Å²) in [4.78, 5) is 2.34. The molecule has 0 bridgehead atoms. The first-order valence-corrected chi connectivity index (χ1v) is 10.8. The van der Waals surface area contributed by atoms with Crippen molar-refractivity contribution in [2.75, 3.05) is 26.2 Å². The molecule has 0 unspecified atom stereocenters. The standard InChI is InChI=1S/C25H26ClFN2O/c1-3-28(4-2)14-15-30-24-7-5-6-23-25(24)21-16-19(26)10-13-22(21)29(23)17-18-8-11-20(27)12-9-18/h5-13,16H,3-4,14-15,17H2,1-2H3. The normalized spacial score (nSPS) is 11.6. The Morgan fingerprint density at radius 3 is 2.47 bits per heavy atom. The lowest BCUT2D eigenvalue weighted by Gasteiger charge is -2.18. The van der Waals surface area contributed by atoms with Gasteiger partial charge in [-0.2, -0.15) is 0 Å². The number of rotatable bonds is 8. The van der Waals surface area contributed by atoms with Crippen molar-refractivity contribution in [2.24, 2.45) is 0 Å². The van der Waals surface area contributed by atoms with Crippen molar-refractivity contribution < 1.29 is 9.13 Å². The van der Waals surface area contributed by atoms with Gasteiger partial charge in [0.15, 0.2) is 0 Å². The zero-order valence-electron chi connectivity index (χ0n) is 17.4. The molecule has 5 heteroatoms. The van der Waals surface area contributed by atoms with Crippen molar-refractivity contribution in [3.05, 3.63) is 77.1 Å². The van der Waals surface area contributed by atoms with Crippen LogP contribution in [-0.4, -0.2) is 35.7 Å². The van der Waals surface area contributed by atoms with Gasteiger partial charge in [0, 0.05) is 34.4 Å². The first-order valence-electron chi connectivity index (χ1n) is 10.4. The molecule has 1 aromatic heterocycles. The monoisotopic (exact) mass is 424 g/mol. The Bertz CT molecular complexity index is 1150. The maximum atomic E-state index is 13.4. The van der Waals surface area contributed by atoms with Crippen molar-refractivity contribution >= 4 is 33.4 Å². The molecule has 4 rings (SSSR count). The van der Waals surface area contributed by atoms with E-state index >= 15 is 0 Å². The Balaban J connectivity index is 1.77. The third kappa shape index (κ3) is 4.16. The van der Waals surface area contributed by atoms with E-state index in [0.29, 0.717) is 18.2 Å². The van der Waals surface area contributed by atoms with Crippen LogP contribution >= 0.6 is 11.6 Å². The summed E-state index contributed by atoms with van der Waals surface area (Å²) in [6.45, 7) is 8.51. The van der Waals surface area contributed by atoms with E-state index < -0.39 is 0 Å². The molecule has 0 saturated heterocycles. The Morgan fingerprint density at radius 2 is 1.73 bits per heavy atom. The van der Waals surface area contributed by atoms with Crippen LogP contribution in [0.15, 0.2) is 60.7 Å². The van der Waals surface area contributed by atoms with Gasteiger partial charge >= 0.3 is 0 Å². The second-order valence-corrected chi connectivity index (χ2v) is 7.84. The van der Waals surface area contributed by atoms with E-state index in [-0.39, 0.29) is 5.82 Å². The van der Waals surface area contributed by atoms with E-state index in [0.717, 1.165) is 52.8 Å². The fraction of sp³-hybridized carbons (Fsp3) is 0.280. The highest BCUT2D eigenvalue weighted by molar-refractivity contribution is 6.32. The quantitative estimate of drug-likeness (QED) is 0.327. The molecule has 156 valence electrons. The predicted octanol–water partition coefficient (Wildman–Crippen LogP) is 6.36. The Morgan fingerprint density at radius 1 is 0.967 bits per heavy atom. The number of hydrogen-bond donors (Lipinski definition) is 0. The maximum absolute atomic E-state index is 13.4. The van der Waals surface area contributed by atoms with Crippen molar-refractivity contribution in [1.29, 1.82) is 0 Å². The number of fused-ring (bicyclic) bond motifs is 3. The first-order chi connectivity index (χ1) is 14.6. The van der Waals surface area contributed by atoms with Crippen molar-refractivity contribution in [2.45, 2.75) is 20.4 Å². The number of nitrogens with zero attached hydrogens (tertiary/aromatic N) is 2. The van der Waals surface area contributed by atoms with Crippen molar-refractivity contribution in [1.82, 2.24) is 9.47 Å². The number of aromatic nitrogens is 1. The summed E-state index contributed by atoms with van der Waals surface area (Å²) in [5, 5.41) is 2.83. The van der Waals surface area contributed by atoms with Gasteiger partial charge in [-0.3, -0.25) is 0 Å². The average molecular weight is 425 g/mol. The van der Waals surface area contributed by atoms with Gasteiger partial charge in [0.05, 0.1) is 5.52 Å². The summed E-state index contributed by atoms with van der Waals surface area (Å²) in [5.41, 5.74) is 3.20. The minimum atomic E-state index is -0.225. The van der Waals surface area contributed by atoms with E-state index in [9.17, 15) is 4.39 Å². The predicted molar refractivity (Wildman–Crippen MR) is 123 cm³/mol. The molecule has 3 nitrogen and oxygen atoms in total. The molecule has 0 atom stereocenters.